The minimum Gasteiger partial charge on any atom is -0.364 e. The van der Waals surface area contributed by atoms with Crippen LogP contribution in [0.2, 0.25) is 0 Å². The van der Waals surface area contributed by atoms with Gasteiger partial charge in [0.2, 0.25) is 5.91 Å². The lowest BCUT2D eigenvalue weighted by atomic mass is 10.3. The molecule has 1 N–H and O–H groups in total. The van der Waals surface area contributed by atoms with Crippen molar-refractivity contribution in [3.8, 4) is 0 Å². The Morgan fingerprint density at radius 3 is 3.33 bits per heavy atom. The van der Waals surface area contributed by atoms with E-state index in [9.17, 15) is 4.79 Å². The van der Waals surface area contributed by atoms with Gasteiger partial charge >= 0.3 is 0 Å². The normalized spacial score (nSPS) is 20.5. The van der Waals surface area contributed by atoms with E-state index in [1.165, 1.54) is 6.26 Å². The number of thioether (sulfide) groups is 1. The Kier molecular flexibility index (Phi) is 3.27. The largest absolute Gasteiger partial charge is 0.364 e. The lowest BCUT2D eigenvalue weighted by molar-refractivity contribution is -0.131. The number of carbonyl (C=O) groups is 1. The molecule has 2 rings (SSSR count). The van der Waals surface area contributed by atoms with Crippen LogP contribution in [0.25, 0.3) is 0 Å². The highest BCUT2D eigenvalue weighted by atomic mass is 32.2. The third-order valence-corrected chi connectivity index (χ3v) is 3.22. The Labute approximate surface area is 92.2 Å². The van der Waals surface area contributed by atoms with E-state index >= 15 is 0 Å². The van der Waals surface area contributed by atoms with Crippen LogP contribution in [0.4, 0.5) is 0 Å². The molecule has 1 aliphatic heterocycles. The summed E-state index contributed by atoms with van der Waals surface area (Å²) in [6.07, 6.45) is 1.51. The summed E-state index contributed by atoms with van der Waals surface area (Å²) >= 11 is 1.74. The van der Waals surface area contributed by atoms with Crippen molar-refractivity contribution in [1.82, 2.24) is 15.4 Å². The average Bonchev–Trinajstić information content (AvgIpc) is 2.88. The van der Waals surface area contributed by atoms with Crippen molar-refractivity contribution in [2.24, 2.45) is 0 Å². The number of likely N-dealkylation sites (N-methyl/N-ethyl adjacent to an activating group) is 1. The first-order chi connectivity index (χ1) is 7.27. The standard InChI is InChI=1S/C9H13N3O2S/c1-12(4-7-2-3-14-11-7)9(13)8-5-15-6-10-8/h2-3,8,10H,4-6H2,1H3/t8-/m1/s1. The van der Waals surface area contributed by atoms with Crippen LogP contribution in [0, 0.1) is 0 Å². The van der Waals surface area contributed by atoms with Crippen LogP contribution >= 0.6 is 11.8 Å². The molecule has 5 nitrogen and oxygen atoms in total. The second kappa shape index (κ2) is 4.67. The highest BCUT2D eigenvalue weighted by molar-refractivity contribution is 7.99. The molecule has 0 unspecified atom stereocenters. The maximum atomic E-state index is 11.9. The summed E-state index contributed by atoms with van der Waals surface area (Å²) in [6.45, 7) is 0.498. The molecular formula is C9H13N3O2S. The molecule has 0 spiro atoms. The minimum absolute atomic E-state index is 0.0492. The Hall–Kier alpha value is -1.01. The first kappa shape index (κ1) is 10.5. The van der Waals surface area contributed by atoms with E-state index in [1.54, 1.807) is 29.8 Å². The first-order valence-electron chi connectivity index (χ1n) is 4.73. The Bertz CT molecular complexity index is 322. The summed E-state index contributed by atoms with van der Waals surface area (Å²) in [7, 11) is 1.78. The molecule has 2 heterocycles. The summed E-state index contributed by atoms with van der Waals surface area (Å²) < 4.78 is 4.71. The van der Waals surface area contributed by atoms with Crippen molar-refractivity contribution in [1.29, 1.82) is 0 Å². The zero-order chi connectivity index (χ0) is 10.7. The maximum absolute atomic E-state index is 11.9. The first-order valence-corrected chi connectivity index (χ1v) is 5.88. The Morgan fingerprint density at radius 2 is 2.73 bits per heavy atom. The van der Waals surface area contributed by atoms with Crippen LogP contribution < -0.4 is 5.32 Å². The van der Waals surface area contributed by atoms with Gasteiger partial charge in [-0.25, -0.2) is 0 Å². The van der Waals surface area contributed by atoms with Crippen LogP contribution in [0.3, 0.4) is 0 Å². The molecule has 82 valence electrons. The molecule has 1 fully saturated rings. The monoisotopic (exact) mass is 227 g/mol. The van der Waals surface area contributed by atoms with Crippen LogP contribution in [0.15, 0.2) is 16.9 Å². The molecule has 1 aromatic rings. The molecular weight excluding hydrogens is 214 g/mol. The van der Waals surface area contributed by atoms with Gasteiger partial charge in [-0.3, -0.25) is 10.1 Å². The number of nitrogens with one attached hydrogen (secondary N) is 1. The molecule has 1 atom stereocenters. The van der Waals surface area contributed by atoms with Gasteiger partial charge < -0.3 is 9.42 Å². The Balaban J connectivity index is 1.89. The predicted molar refractivity (Wildman–Crippen MR) is 57.2 cm³/mol. The summed E-state index contributed by atoms with van der Waals surface area (Å²) in [5.41, 5.74) is 0.775. The van der Waals surface area contributed by atoms with Crippen LogP contribution in [0.5, 0.6) is 0 Å². The van der Waals surface area contributed by atoms with Crippen molar-refractivity contribution in [3.63, 3.8) is 0 Å². The fraction of sp³-hybridized carbons (Fsp3) is 0.556. The lowest BCUT2D eigenvalue weighted by Gasteiger charge is -2.19. The van der Waals surface area contributed by atoms with Crippen LogP contribution in [-0.4, -0.2) is 40.7 Å². The molecule has 0 bridgehead atoms. The summed E-state index contributed by atoms with van der Waals surface area (Å²) in [5, 5.41) is 6.92. The van der Waals surface area contributed by atoms with Gasteiger partial charge in [0, 0.05) is 24.7 Å². The maximum Gasteiger partial charge on any atom is 0.240 e. The van der Waals surface area contributed by atoms with Gasteiger partial charge in [-0.2, -0.15) is 0 Å². The lowest BCUT2D eigenvalue weighted by Crippen LogP contribution is -2.42. The molecule has 0 saturated carbocycles. The van der Waals surface area contributed by atoms with Gasteiger partial charge in [0.05, 0.1) is 12.6 Å². The van der Waals surface area contributed by atoms with Crippen LogP contribution in [0.1, 0.15) is 5.69 Å². The second-order valence-electron chi connectivity index (χ2n) is 3.46. The van der Waals surface area contributed by atoms with E-state index < -0.39 is 0 Å². The zero-order valence-electron chi connectivity index (χ0n) is 8.47. The molecule has 1 aromatic heterocycles. The van der Waals surface area contributed by atoms with E-state index in [0.717, 1.165) is 17.3 Å². The fourth-order valence-corrected chi connectivity index (χ4v) is 2.39. The number of nitrogens with zero attached hydrogens (tertiary/aromatic N) is 2. The van der Waals surface area contributed by atoms with E-state index in [1.807, 2.05) is 0 Å². The van der Waals surface area contributed by atoms with Crippen molar-refractivity contribution in [3.05, 3.63) is 18.0 Å². The third kappa shape index (κ3) is 2.51. The minimum atomic E-state index is -0.0492. The van der Waals surface area contributed by atoms with Crippen molar-refractivity contribution in [2.75, 3.05) is 18.7 Å². The molecule has 0 radical (unpaired) electrons. The zero-order valence-corrected chi connectivity index (χ0v) is 9.29. The molecule has 1 aliphatic rings. The SMILES string of the molecule is CN(Cc1ccon1)C(=O)[C@H]1CSCN1. The smallest absolute Gasteiger partial charge is 0.240 e. The number of aromatic nitrogens is 1. The Morgan fingerprint density at radius 1 is 1.87 bits per heavy atom. The van der Waals surface area contributed by atoms with Gasteiger partial charge in [0.1, 0.15) is 12.0 Å². The fourth-order valence-electron chi connectivity index (χ4n) is 1.46. The molecule has 1 amide bonds. The van der Waals surface area contributed by atoms with Crippen molar-refractivity contribution < 1.29 is 9.32 Å². The number of hydrogen-bond donors (Lipinski definition) is 1. The average molecular weight is 227 g/mol. The van der Waals surface area contributed by atoms with Gasteiger partial charge in [0.25, 0.3) is 0 Å². The molecule has 0 aliphatic carbocycles. The van der Waals surface area contributed by atoms with Gasteiger partial charge in [-0.15, -0.1) is 11.8 Å². The number of carbonyl (C=O) groups excluding carboxylic acids is 1. The van der Waals surface area contributed by atoms with E-state index in [-0.39, 0.29) is 11.9 Å². The highest BCUT2D eigenvalue weighted by Crippen LogP contribution is 2.12. The topological polar surface area (TPSA) is 58.4 Å². The number of hydrogen-bond acceptors (Lipinski definition) is 5. The quantitative estimate of drug-likeness (QED) is 0.804. The van der Waals surface area contributed by atoms with Gasteiger partial charge in [0.15, 0.2) is 0 Å². The predicted octanol–water partition coefficient (Wildman–Crippen LogP) is 0.295. The summed E-state index contributed by atoms with van der Waals surface area (Å²) in [6, 6.07) is 1.72. The van der Waals surface area contributed by atoms with Crippen molar-refractivity contribution >= 4 is 17.7 Å². The van der Waals surface area contributed by atoms with E-state index in [4.69, 9.17) is 4.52 Å². The molecule has 0 aromatic carbocycles. The number of amides is 1. The van der Waals surface area contributed by atoms with Gasteiger partial charge in [-0.05, 0) is 0 Å². The third-order valence-electron chi connectivity index (χ3n) is 2.28. The number of rotatable bonds is 3. The van der Waals surface area contributed by atoms with Gasteiger partial charge in [-0.1, -0.05) is 5.16 Å². The summed E-state index contributed by atoms with van der Waals surface area (Å²) in [4.78, 5) is 13.5. The summed E-state index contributed by atoms with van der Waals surface area (Å²) in [5.74, 6) is 1.82. The van der Waals surface area contributed by atoms with Crippen LogP contribution in [-0.2, 0) is 11.3 Å². The molecule has 15 heavy (non-hydrogen) atoms. The van der Waals surface area contributed by atoms with Crippen molar-refractivity contribution in [2.45, 2.75) is 12.6 Å². The highest BCUT2D eigenvalue weighted by Gasteiger charge is 2.25. The second-order valence-corrected chi connectivity index (χ2v) is 4.49. The molecule has 6 heteroatoms. The van der Waals surface area contributed by atoms with E-state index in [2.05, 4.69) is 10.5 Å². The molecule has 1 saturated heterocycles. The van der Waals surface area contributed by atoms with E-state index in [0.29, 0.717) is 6.54 Å².